The van der Waals surface area contributed by atoms with Crippen LogP contribution in [0.3, 0.4) is 0 Å². The topological polar surface area (TPSA) is 137 Å². The number of carboxylic acid groups (broad SMARTS) is 1. The maximum absolute atomic E-state index is 11.6. The SMILES string of the molecule is CC(C)(C)OC(=O)NCCOc1ccc(CC(Oc2ccccc2)C(=O)O)cc1[N+](=O)[O-]. The Balaban J connectivity index is 2.01. The number of hydrogen-bond acceptors (Lipinski definition) is 7. The number of alkyl carbamates (subject to hydrolysis) is 1. The predicted molar refractivity (Wildman–Crippen MR) is 115 cm³/mol. The summed E-state index contributed by atoms with van der Waals surface area (Å²) in [6, 6.07) is 12.6. The molecule has 10 heteroatoms. The molecule has 0 fully saturated rings. The van der Waals surface area contributed by atoms with Gasteiger partial charge >= 0.3 is 17.7 Å². The van der Waals surface area contributed by atoms with E-state index in [2.05, 4.69) is 5.32 Å². The molecule has 172 valence electrons. The minimum Gasteiger partial charge on any atom is -0.485 e. The zero-order chi connectivity index (χ0) is 23.7. The number of carbonyl (C=O) groups is 2. The molecule has 2 aromatic carbocycles. The van der Waals surface area contributed by atoms with Crippen LogP contribution in [-0.2, 0) is 16.0 Å². The van der Waals surface area contributed by atoms with E-state index in [-0.39, 0.29) is 31.0 Å². The molecule has 0 heterocycles. The van der Waals surface area contributed by atoms with Gasteiger partial charge in [0, 0.05) is 12.5 Å². The normalized spacial score (nSPS) is 11.8. The van der Waals surface area contributed by atoms with Crippen LogP contribution < -0.4 is 14.8 Å². The average molecular weight is 446 g/mol. The van der Waals surface area contributed by atoms with E-state index in [0.717, 1.165) is 0 Å². The lowest BCUT2D eigenvalue weighted by Crippen LogP contribution is -2.34. The fraction of sp³-hybridized carbons (Fsp3) is 0.364. The van der Waals surface area contributed by atoms with Gasteiger partial charge in [-0.15, -0.1) is 0 Å². The molecule has 10 nitrogen and oxygen atoms in total. The van der Waals surface area contributed by atoms with Crippen molar-refractivity contribution in [2.45, 2.75) is 38.9 Å². The molecule has 0 saturated heterocycles. The molecule has 0 aliphatic carbocycles. The second kappa shape index (κ2) is 11.0. The Bertz CT molecular complexity index is 941. The standard InChI is InChI=1S/C22H26N2O8/c1-22(2,3)32-21(27)23-11-12-30-18-10-9-15(13-17(18)24(28)29)14-19(20(25)26)31-16-7-5-4-6-8-16/h4-10,13,19H,11-12,14H2,1-3H3,(H,23,27)(H,25,26). The second-order valence-electron chi connectivity index (χ2n) is 7.80. The van der Waals surface area contributed by atoms with Crippen LogP contribution in [-0.4, -0.2) is 46.9 Å². The minimum absolute atomic E-state index is 0.000548. The van der Waals surface area contributed by atoms with E-state index in [1.54, 1.807) is 51.1 Å². The number of nitrogens with one attached hydrogen (secondary N) is 1. The molecule has 0 aliphatic rings. The first-order chi connectivity index (χ1) is 15.0. The van der Waals surface area contributed by atoms with Crippen LogP contribution in [0.2, 0.25) is 0 Å². The van der Waals surface area contributed by atoms with Crippen molar-refractivity contribution in [1.82, 2.24) is 5.32 Å². The lowest BCUT2D eigenvalue weighted by atomic mass is 10.1. The van der Waals surface area contributed by atoms with Crippen LogP contribution in [0.4, 0.5) is 10.5 Å². The molecule has 1 atom stereocenters. The number of ether oxygens (including phenoxy) is 3. The monoisotopic (exact) mass is 446 g/mol. The zero-order valence-corrected chi connectivity index (χ0v) is 18.1. The molecule has 0 radical (unpaired) electrons. The van der Waals surface area contributed by atoms with Gasteiger partial charge in [0.15, 0.2) is 11.9 Å². The number of nitrogens with zero attached hydrogens (tertiary/aromatic N) is 1. The van der Waals surface area contributed by atoms with Crippen LogP contribution >= 0.6 is 0 Å². The van der Waals surface area contributed by atoms with E-state index >= 15 is 0 Å². The Morgan fingerprint density at radius 3 is 2.44 bits per heavy atom. The molecule has 2 aromatic rings. The first kappa shape index (κ1) is 24.4. The highest BCUT2D eigenvalue weighted by Gasteiger charge is 2.23. The second-order valence-corrected chi connectivity index (χ2v) is 7.80. The third-order valence-corrected chi connectivity index (χ3v) is 3.97. The summed E-state index contributed by atoms with van der Waals surface area (Å²) in [5.41, 5.74) is -0.555. The molecule has 2 rings (SSSR count). The first-order valence-corrected chi connectivity index (χ1v) is 9.86. The summed E-state index contributed by atoms with van der Waals surface area (Å²) in [5, 5.41) is 23.4. The number of nitro groups is 1. The maximum Gasteiger partial charge on any atom is 0.407 e. The molecule has 0 aliphatic heterocycles. The van der Waals surface area contributed by atoms with E-state index < -0.39 is 28.7 Å². The number of aliphatic carboxylic acids is 1. The zero-order valence-electron chi connectivity index (χ0n) is 18.1. The Labute approximate surface area is 185 Å². The van der Waals surface area contributed by atoms with Crippen molar-refractivity contribution >= 4 is 17.7 Å². The van der Waals surface area contributed by atoms with Crippen molar-refractivity contribution in [3.63, 3.8) is 0 Å². The van der Waals surface area contributed by atoms with Gasteiger partial charge < -0.3 is 24.6 Å². The highest BCUT2D eigenvalue weighted by atomic mass is 16.6. The molecule has 1 amide bonds. The van der Waals surface area contributed by atoms with Gasteiger partial charge in [-0.3, -0.25) is 10.1 Å². The third kappa shape index (κ3) is 8.13. The van der Waals surface area contributed by atoms with Gasteiger partial charge in [-0.05, 0) is 44.5 Å². The van der Waals surface area contributed by atoms with E-state index in [4.69, 9.17) is 14.2 Å². The van der Waals surface area contributed by atoms with E-state index in [1.165, 1.54) is 18.2 Å². The van der Waals surface area contributed by atoms with Gasteiger partial charge in [0.25, 0.3) is 0 Å². The fourth-order valence-corrected chi connectivity index (χ4v) is 2.64. The van der Waals surface area contributed by atoms with Gasteiger partial charge in [0.2, 0.25) is 0 Å². The summed E-state index contributed by atoms with van der Waals surface area (Å²) in [6.07, 6.45) is -1.92. The summed E-state index contributed by atoms with van der Waals surface area (Å²) in [7, 11) is 0. The third-order valence-electron chi connectivity index (χ3n) is 3.97. The molecule has 0 aromatic heterocycles. The Morgan fingerprint density at radius 2 is 1.84 bits per heavy atom. The molecule has 0 bridgehead atoms. The van der Waals surface area contributed by atoms with E-state index in [9.17, 15) is 24.8 Å². The summed E-state index contributed by atoms with van der Waals surface area (Å²) in [6.45, 7) is 5.25. The number of benzene rings is 2. The molecule has 0 spiro atoms. The summed E-state index contributed by atoms with van der Waals surface area (Å²) in [5.74, 6) is -0.808. The number of carboxylic acids is 1. The highest BCUT2D eigenvalue weighted by molar-refractivity contribution is 5.73. The Morgan fingerprint density at radius 1 is 1.16 bits per heavy atom. The minimum atomic E-state index is -1.22. The quantitative estimate of drug-likeness (QED) is 0.321. The van der Waals surface area contributed by atoms with Gasteiger partial charge in [-0.25, -0.2) is 9.59 Å². The van der Waals surface area contributed by atoms with Gasteiger partial charge in [-0.1, -0.05) is 24.3 Å². The summed E-state index contributed by atoms with van der Waals surface area (Å²) in [4.78, 5) is 34.1. The Kier molecular flexibility index (Phi) is 8.39. The van der Waals surface area contributed by atoms with E-state index in [0.29, 0.717) is 11.3 Å². The predicted octanol–water partition coefficient (Wildman–Crippen LogP) is 3.57. The molecule has 32 heavy (non-hydrogen) atoms. The number of carbonyl (C=O) groups excluding carboxylic acids is 1. The highest BCUT2D eigenvalue weighted by Crippen LogP contribution is 2.29. The van der Waals surface area contributed by atoms with Crippen molar-refractivity contribution in [2.75, 3.05) is 13.2 Å². The van der Waals surface area contributed by atoms with E-state index in [1.807, 2.05) is 0 Å². The van der Waals surface area contributed by atoms with Gasteiger partial charge in [0.05, 0.1) is 11.5 Å². The number of para-hydroxylation sites is 1. The van der Waals surface area contributed by atoms with Gasteiger partial charge in [-0.2, -0.15) is 0 Å². The fourth-order valence-electron chi connectivity index (χ4n) is 2.64. The van der Waals surface area contributed by atoms with Crippen LogP contribution in [0.1, 0.15) is 26.3 Å². The first-order valence-electron chi connectivity index (χ1n) is 9.86. The van der Waals surface area contributed by atoms with Crippen molar-refractivity contribution in [3.05, 3.63) is 64.2 Å². The molecule has 2 N–H and O–H groups in total. The van der Waals surface area contributed by atoms with Crippen LogP contribution in [0, 0.1) is 10.1 Å². The molecule has 0 saturated carbocycles. The van der Waals surface area contributed by atoms with Gasteiger partial charge in [0.1, 0.15) is 18.0 Å². The van der Waals surface area contributed by atoms with Crippen LogP contribution in [0.5, 0.6) is 11.5 Å². The maximum atomic E-state index is 11.6. The number of amides is 1. The molecule has 1 unspecified atom stereocenters. The number of nitro benzene ring substituents is 1. The smallest absolute Gasteiger partial charge is 0.407 e. The van der Waals surface area contributed by atoms with Crippen LogP contribution in [0.25, 0.3) is 0 Å². The Hall–Kier alpha value is -3.82. The average Bonchev–Trinajstić information content (AvgIpc) is 2.70. The lowest BCUT2D eigenvalue weighted by molar-refractivity contribution is -0.385. The van der Waals surface area contributed by atoms with Crippen LogP contribution in [0.15, 0.2) is 48.5 Å². The lowest BCUT2D eigenvalue weighted by Gasteiger charge is -2.19. The molecular weight excluding hydrogens is 420 g/mol. The molecular formula is C22H26N2O8. The summed E-state index contributed by atoms with van der Waals surface area (Å²) < 4.78 is 16.0. The van der Waals surface area contributed by atoms with Crippen molar-refractivity contribution in [1.29, 1.82) is 0 Å². The number of rotatable bonds is 10. The number of hydrogen-bond donors (Lipinski definition) is 2. The van der Waals surface area contributed by atoms with Crippen molar-refractivity contribution in [2.24, 2.45) is 0 Å². The largest absolute Gasteiger partial charge is 0.485 e. The summed E-state index contributed by atoms with van der Waals surface area (Å²) >= 11 is 0. The van der Waals surface area contributed by atoms with Crippen molar-refractivity contribution < 1.29 is 33.8 Å². The van der Waals surface area contributed by atoms with Crippen molar-refractivity contribution in [3.8, 4) is 11.5 Å².